The highest BCUT2D eigenvalue weighted by molar-refractivity contribution is 6.20. The molecule has 0 aromatic heterocycles. The van der Waals surface area contributed by atoms with E-state index in [1.54, 1.807) is 0 Å². The zero-order valence-electron chi connectivity index (χ0n) is 11.4. The maximum Gasteiger partial charge on any atom is 0.173 e. The van der Waals surface area contributed by atoms with Crippen LogP contribution in [0.5, 0.6) is 0 Å². The monoisotopic (exact) mass is 276 g/mol. The van der Waals surface area contributed by atoms with Gasteiger partial charge in [-0.25, -0.2) is 0 Å². The molecule has 1 rings (SSSR count). The Hall–Kier alpha value is -2.50. The lowest BCUT2D eigenvalue weighted by molar-refractivity contribution is -0.117. The Morgan fingerprint density at radius 1 is 0.800 bits per heavy atom. The number of nitrogen functional groups attached to an aromatic ring is 2. The molecule has 6 heteroatoms. The van der Waals surface area contributed by atoms with Crippen molar-refractivity contribution in [2.45, 2.75) is 26.7 Å². The second kappa shape index (κ2) is 6.10. The Morgan fingerprint density at radius 3 is 1.35 bits per heavy atom. The molecule has 6 nitrogen and oxygen atoms in total. The fourth-order valence-electron chi connectivity index (χ4n) is 1.86. The van der Waals surface area contributed by atoms with Gasteiger partial charge in [0.2, 0.25) is 0 Å². The molecule has 0 unspecified atom stereocenters. The van der Waals surface area contributed by atoms with Crippen LogP contribution in [0, 0.1) is 0 Å². The summed E-state index contributed by atoms with van der Waals surface area (Å²) in [5, 5.41) is 0. The van der Waals surface area contributed by atoms with Gasteiger partial charge in [0.1, 0.15) is 11.6 Å². The second-order valence-electron chi connectivity index (χ2n) is 4.60. The smallest absolute Gasteiger partial charge is 0.173 e. The molecule has 0 aliphatic rings. The van der Waals surface area contributed by atoms with Crippen molar-refractivity contribution in [1.29, 1.82) is 0 Å². The van der Waals surface area contributed by atoms with Crippen LogP contribution in [-0.4, -0.2) is 23.1 Å². The maximum atomic E-state index is 12.0. The van der Waals surface area contributed by atoms with Crippen LogP contribution < -0.4 is 11.5 Å². The second-order valence-corrected chi connectivity index (χ2v) is 4.60. The largest absolute Gasteiger partial charge is 0.398 e. The summed E-state index contributed by atoms with van der Waals surface area (Å²) < 4.78 is 0. The summed E-state index contributed by atoms with van der Waals surface area (Å²) in [5.41, 5.74) is 11.4. The van der Waals surface area contributed by atoms with E-state index < -0.39 is 11.6 Å². The topological polar surface area (TPSA) is 120 Å². The average Bonchev–Trinajstić information content (AvgIpc) is 2.29. The van der Waals surface area contributed by atoms with Gasteiger partial charge < -0.3 is 11.5 Å². The van der Waals surface area contributed by atoms with Crippen LogP contribution in [0.3, 0.4) is 0 Å². The molecule has 20 heavy (non-hydrogen) atoms. The number of benzene rings is 1. The first-order chi connectivity index (χ1) is 9.23. The molecule has 0 aliphatic heterocycles. The molecular formula is C14H16N2O4. The molecule has 0 radical (unpaired) electrons. The van der Waals surface area contributed by atoms with Crippen molar-refractivity contribution < 1.29 is 19.2 Å². The number of anilines is 2. The minimum Gasteiger partial charge on any atom is -0.398 e. The van der Waals surface area contributed by atoms with Crippen molar-refractivity contribution in [3.63, 3.8) is 0 Å². The van der Waals surface area contributed by atoms with Gasteiger partial charge in [-0.3, -0.25) is 19.2 Å². The van der Waals surface area contributed by atoms with Crippen molar-refractivity contribution >= 4 is 34.5 Å². The van der Waals surface area contributed by atoms with Gasteiger partial charge in [-0.05, 0) is 26.0 Å². The molecule has 0 heterocycles. The van der Waals surface area contributed by atoms with Gasteiger partial charge in [0.15, 0.2) is 11.6 Å². The zero-order chi connectivity index (χ0) is 15.4. The first kappa shape index (κ1) is 15.6. The lowest BCUT2D eigenvalue weighted by Crippen LogP contribution is -2.17. The predicted octanol–water partition coefficient (Wildman–Crippen LogP) is 1.17. The Bertz CT molecular complexity index is 552. The molecule has 0 spiro atoms. The normalized spacial score (nSPS) is 10.1. The minimum atomic E-state index is -0.575. The fraction of sp³-hybridized carbons (Fsp3) is 0.286. The highest BCUT2D eigenvalue weighted by Gasteiger charge is 2.24. The zero-order valence-corrected chi connectivity index (χ0v) is 11.4. The number of carbonyl (C=O) groups is 4. The number of nitrogens with two attached hydrogens (primary N) is 2. The third-order valence-electron chi connectivity index (χ3n) is 2.65. The Kier molecular flexibility index (Phi) is 4.74. The van der Waals surface area contributed by atoms with Gasteiger partial charge >= 0.3 is 0 Å². The van der Waals surface area contributed by atoms with Crippen molar-refractivity contribution in [3.05, 3.63) is 23.3 Å². The average molecular weight is 276 g/mol. The first-order valence-corrected chi connectivity index (χ1v) is 5.97. The van der Waals surface area contributed by atoms with E-state index in [0.29, 0.717) is 0 Å². The van der Waals surface area contributed by atoms with Gasteiger partial charge in [0.25, 0.3) is 0 Å². The maximum absolute atomic E-state index is 12.0. The molecule has 0 saturated carbocycles. The van der Waals surface area contributed by atoms with Crippen LogP contribution in [0.15, 0.2) is 12.1 Å². The predicted molar refractivity (Wildman–Crippen MR) is 74.5 cm³/mol. The Morgan fingerprint density at radius 2 is 1.10 bits per heavy atom. The van der Waals surface area contributed by atoms with E-state index in [2.05, 4.69) is 0 Å². The van der Waals surface area contributed by atoms with Crippen LogP contribution in [0.25, 0.3) is 0 Å². The molecular weight excluding hydrogens is 260 g/mol. The van der Waals surface area contributed by atoms with E-state index in [1.807, 2.05) is 0 Å². The van der Waals surface area contributed by atoms with E-state index in [0.717, 1.165) is 0 Å². The minimum absolute atomic E-state index is 0.0670. The molecule has 0 fully saturated rings. The van der Waals surface area contributed by atoms with Gasteiger partial charge in [0, 0.05) is 11.4 Å². The highest BCUT2D eigenvalue weighted by Crippen LogP contribution is 2.26. The number of rotatable bonds is 6. The van der Waals surface area contributed by atoms with Crippen LogP contribution in [0.2, 0.25) is 0 Å². The number of carbonyl (C=O) groups excluding carboxylic acids is 4. The van der Waals surface area contributed by atoms with Crippen LogP contribution >= 0.6 is 0 Å². The molecule has 1 aromatic rings. The quantitative estimate of drug-likeness (QED) is 0.457. The molecule has 4 N–H and O–H groups in total. The van der Waals surface area contributed by atoms with Gasteiger partial charge in [-0.15, -0.1) is 0 Å². The third kappa shape index (κ3) is 3.50. The fourth-order valence-corrected chi connectivity index (χ4v) is 1.86. The highest BCUT2D eigenvalue weighted by atomic mass is 16.2. The standard InChI is InChI=1S/C14H16N2O4/c1-7(17)5-11(19)13-9(15)3-4-10(16)14(13)12(20)6-8(2)18/h3-4H,5-6,15-16H2,1-2H3. The molecule has 0 aliphatic carbocycles. The van der Waals surface area contributed by atoms with Gasteiger partial charge in [0.05, 0.1) is 24.0 Å². The summed E-state index contributed by atoms with van der Waals surface area (Å²) in [4.78, 5) is 46.2. The lowest BCUT2D eigenvalue weighted by Gasteiger charge is -2.12. The molecule has 0 saturated heterocycles. The molecule has 106 valence electrons. The Labute approximate surface area is 116 Å². The van der Waals surface area contributed by atoms with E-state index in [-0.39, 0.29) is 46.9 Å². The summed E-state index contributed by atoms with van der Waals surface area (Å²) in [6.45, 7) is 2.52. The van der Waals surface area contributed by atoms with E-state index >= 15 is 0 Å². The SMILES string of the molecule is CC(=O)CC(=O)c1c(N)ccc(N)c1C(=O)CC(C)=O. The van der Waals surface area contributed by atoms with E-state index in [9.17, 15) is 19.2 Å². The van der Waals surface area contributed by atoms with E-state index in [1.165, 1.54) is 26.0 Å². The molecule has 0 amide bonds. The summed E-state index contributed by atoms with van der Waals surface area (Å²) in [5.74, 6) is -1.84. The lowest BCUT2D eigenvalue weighted by atomic mass is 9.92. The van der Waals surface area contributed by atoms with E-state index in [4.69, 9.17) is 11.5 Å². The Balaban J connectivity index is 3.38. The van der Waals surface area contributed by atoms with Crippen LogP contribution in [0.4, 0.5) is 11.4 Å². The summed E-state index contributed by atoms with van der Waals surface area (Å²) >= 11 is 0. The van der Waals surface area contributed by atoms with Crippen molar-refractivity contribution in [3.8, 4) is 0 Å². The summed E-state index contributed by atoms with van der Waals surface area (Å²) in [6, 6.07) is 2.79. The van der Waals surface area contributed by atoms with Crippen molar-refractivity contribution in [1.82, 2.24) is 0 Å². The number of hydrogen-bond acceptors (Lipinski definition) is 6. The number of ketones is 4. The molecule has 1 aromatic carbocycles. The van der Waals surface area contributed by atoms with Crippen LogP contribution in [-0.2, 0) is 9.59 Å². The first-order valence-electron chi connectivity index (χ1n) is 5.97. The van der Waals surface area contributed by atoms with Crippen molar-refractivity contribution in [2.75, 3.05) is 11.5 Å². The van der Waals surface area contributed by atoms with Gasteiger partial charge in [-0.1, -0.05) is 0 Å². The summed E-state index contributed by atoms with van der Waals surface area (Å²) in [7, 11) is 0. The molecule has 0 bridgehead atoms. The van der Waals surface area contributed by atoms with Crippen molar-refractivity contribution in [2.24, 2.45) is 0 Å². The van der Waals surface area contributed by atoms with Gasteiger partial charge in [-0.2, -0.15) is 0 Å². The number of Topliss-reactive ketones (excluding diaryl/α,β-unsaturated/α-hetero) is 4. The number of hydrogen-bond donors (Lipinski definition) is 2. The van der Waals surface area contributed by atoms with Crippen LogP contribution in [0.1, 0.15) is 47.4 Å². The third-order valence-corrected chi connectivity index (χ3v) is 2.65. The summed E-state index contributed by atoms with van der Waals surface area (Å²) in [6.07, 6.45) is -0.734. The molecule has 0 atom stereocenters.